The van der Waals surface area contributed by atoms with Gasteiger partial charge in [0.15, 0.2) is 0 Å². The Morgan fingerprint density at radius 3 is 2.63 bits per heavy atom. The number of halogens is 3. The van der Waals surface area contributed by atoms with Crippen molar-refractivity contribution in [3.63, 3.8) is 0 Å². The van der Waals surface area contributed by atoms with Gasteiger partial charge < -0.3 is 19.5 Å². The Morgan fingerprint density at radius 2 is 1.97 bits per heavy atom. The van der Waals surface area contributed by atoms with Crippen molar-refractivity contribution in [3.05, 3.63) is 83.7 Å². The second-order valence-electron chi connectivity index (χ2n) is 8.97. The number of aromatic nitrogens is 2. The van der Waals surface area contributed by atoms with Crippen LogP contribution in [0.3, 0.4) is 0 Å². The minimum atomic E-state index is -3.16. The van der Waals surface area contributed by atoms with E-state index in [4.69, 9.17) is 19.3 Å². The van der Waals surface area contributed by atoms with Crippen LogP contribution in [0.5, 0.6) is 0 Å². The fourth-order valence-electron chi connectivity index (χ4n) is 4.78. The second kappa shape index (κ2) is 9.63. The third-order valence-corrected chi connectivity index (χ3v) is 8.30. The van der Waals surface area contributed by atoms with Crippen LogP contribution in [0, 0.1) is 10.6 Å². The van der Waals surface area contributed by atoms with Crippen molar-refractivity contribution in [2.75, 3.05) is 18.1 Å². The van der Waals surface area contributed by atoms with Gasteiger partial charge in [0.1, 0.15) is 11.6 Å². The predicted molar refractivity (Wildman–Crippen MR) is 131 cm³/mol. The van der Waals surface area contributed by atoms with E-state index in [0.717, 1.165) is 6.07 Å². The molecule has 198 valence electrons. The van der Waals surface area contributed by atoms with Gasteiger partial charge in [-0.1, -0.05) is 24.3 Å². The molecule has 0 spiro atoms. The van der Waals surface area contributed by atoms with Crippen LogP contribution in [0.15, 0.2) is 69.7 Å². The molecule has 13 heteroatoms. The molecule has 3 heterocycles. The SMILES string of the molecule is N=S1(=O)CCN(C(N)=O)C(Cc2ccc(-c3nnc(C(F)F)o3)cc2F)(c2cccc(-c3ccco3)c2)C1. The first-order valence-electron chi connectivity index (χ1n) is 11.4. The van der Waals surface area contributed by atoms with E-state index in [0.29, 0.717) is 16.9 Å². The van der Waals surface area contributed by atoms with Gasteiger partial charge in [-0.05, 0) is 41.5 Å². The summed E-state index contributed by atoms with van der Waals surface area (Å²) in [7, 11) is -3.16. The normalized spacial score (nSPS) is 21.6. The van der Waals surface area contributed by atoms with Crippen LogP contribution in [0.1, 0.15) is 23.4 Å². The number of carbonyl (C=O) groups excluding carboxylic acids is 1. The molecule has 4 aromatic rings. The smallest absolute Gasteiger partial charge is 0.315 e. The number of furan rings is 1. The summed E-state index contributed by atoms with van der Waals surface area (Å²) in [5.41, 5.74) is 5.71. The summed E-state index contributed by atoms with van der Waals surface area (Å²) >= 11 is 0. The molecule has 3 N–H and O–H groups in total. The largest absolute Gasteiger partial charge is 0.464 e. The quantitative estimate of drug-likeness (QED) is 0.351. The van der Waals surface area contributed by atoms with E-state index in [-0.39, 0.29) is 41.5 Å². The van der Waals surface area contributed by atoms with E-state index in [9.17, 15) is 17.8 Å². The maximum absolute atomic E-state index is 15.5. The zero-order valence-corrected chi connectivity index (χ0v) is 20.6. The van der Waals surface area contributed by atoms with Gasteiger partial charge in [0.25, 0.3) is 5.89 Å². The number of nitrogens with zero attached hydrogens (tertiary/aromatic N) is 3. The first-order valence-corrected chi connectivity index (χ1v) is 13.3. The van der Waals surface area contributed by atoms with Crippen LogP contribution in [0.4, 0.5) is 18.0 Å². The molecule has 0 radical (unpaired) electrons. The molecule has 5 rings (SSSR count). The Bertz CT molecular complexity index is 1590. The number of hydrogen-bond donors (Lipinski definition) is 2. The Balaban J connectivity index is 1.61. The van der Waals surface area contributed by atoms with Crippen molar-refractivity contribution >= 4 is 15.8 Å². The monoisotopic (exact) mass is 545 g/mol. The second-order valence-corrected chi connectivity index (χ2v) is 11.3. The molecule has 0 aliphatic carbocycles. The minimum Gasteiger partial charge on any atom is -0.464 e. The highest BCUT2D eigenvalue weighted by atomic mass is 32.2. The number of alkyl halides is 2. The summed E-state index contributed by atoms with van der Waals surface area (Å²) in [6.07, 6.45) is -1.62. The van der Waals surface area contributed by atoms with Crippen molar-refractivity contribution < 1.29 is 31.0 Å². The van der Waals surface area contributed by atoms with Crippen LogP contribution >= 0.6 is 0 Å². The van der Waals surface area contributed by atoms with Crippen LogP contribution in [0.2, 0.25) is 0 Å². The van der Waals surface area contributed by atoms with Gasteiger partial charge in [-0.15, -0.1) is 10.2 Å². The molecule has 9 nitrogen and oxygen atoms in total. The van der Waals surface area contributed by atoms with Crippen LogP contribution in [0.25, 0.3) is 22.8 Å². The molecule has 38 heavy (non-hydrogen) atoms. The lowest BCUT2D eigenvalue weighted by molar-refractivity contribution is 0.116. The summed E-state index contributed by atoms with van der Waals surface area (Å²) in [6, 6.07) is 13.5. The molecular weight excluding hydrogens is 523 g/mol. The zero-order valence-electron chi connectivity index (χ0n) is 19.8. The van der Waals surface area contributed by atoms with E-state index < -0.39 is 39.4 Å². The molecule has 1 saturated heterocycles. The highest BCUT2D eigenvalue weighted by Gasteiger charge is 2.47. The fraction of sp³-hybridized carbons (Fsp3) is 0.240. The number of benzene rings is 2. The number of amides is 2. The van der Waals surface area contributed by atoms with Crippen LogP contribution in [-0.2, 0) is 21.7 Å². The number of nitrogens with one attached hydrogen (secondary N) is 1. The lowest BCUT2D eigenvalue weighted by Crippen LogP contribution is -2.61. The van der Waals surface area contributed by atoms with Gasteiger partial charge in [0.05, 0.1) is 17.6 Å². The summed E-state index contributed by atoms with van der Waals surface area (Å²) in [6.45, 7) is -0.0548. The number of carbonyl (C=O) groups is 1. The molecule has 2 unspecified atom stereocenters. The number of hydrogen-bond acceptors (Lipinski definition) is 7. The summed E-state index contributed by atoms with van der Waals surface area (Å²) < 4.78 is 73.1. The molecule has 0 bridgehead atoms. The highest BCUT2D eigenvalue weighted by Crippen LogP contribution is 2.40. The van der Waals surface area contributed by atoms with E-state index >= 15 is 4.39 Å². The maximum atomic E-state index is 15.5. The molecule has 0 saturated carbocycles. The summed E-state index contributed by atoms with van der Waals surface area (Å²) in [4.78, 5) is 14.0. The Hall–Kier alpha value is -4.13. The van der Waals surface area contributed by atoms with Crippen molar-refractivity contribution in [3.8, 4) is 22.8 Å². The van der Waals surface area contributed by atoms with E-state index in [1.54, 1.807) is 36.4 Å². The molecule has 2 aromatic heterocycles. The average molecular weight is 546 g/mol. The van der Waals surface area contributed by atoms with E-state index in [1.807, 2.05) is 0 Å². The lowest BCUT2D eigenvalue weighted by Gasteiger charge is -2.47. The lowest BCUT2D eigenvalue weighted by atomic mass is 9.82. The van der Waals surface area contributed by atoms with Crippen molar-refractivity contribution in [2.45, 2.75) is 18.4 Å². The van der Waals surface area contributed by atoms with Gasteiger partial charge >= 0.3 is 12.5 Å². The van der Waals surface area contributed by atoms with Gasteiger partial charge in [-0.3, -0.25) is 4.78 Å². The zero-order chi connectivity index (χ0) is 27.1. The third kappa shape index (κ3) is 4.76. The standard InChI is InChI=1S/C25H22F3N5O4S/c26-19-12-16(22-31-32-23(37-22)21(27)28)6-7-17(19)13-25(14-38(30,35)10-8-33(25)24(29)34)18-4-1-3-15(11-18)20-5-2-9-36-20/h1-7,9,11-12,21,30H,8,10,13-14H2,(H2,29,34). The van der Waals surface area contributed by atoms with E-state index in [2.05, 4.69) is 10.2 Å². The number of urea groups is 1. The number of primary amides is 1. The predicted octanol–water partition coefficient (Wildman–Crippen LogP) is 4.95. The molecule has 2 amide bonds. The van der Waals surface area contributed by atoms with Crippen LogP contribution in [-0.4, -0.2) is 43.4 Å². The Morgan fingerprint density at radius 1 is 1.16 bits per heavy atom. The highest BCUT2D eigenvalue weighted by molar-refractivity contribution is 7.92. The van der Waals surface area contributed by atoms with Crippen LogP contribution < -0.4 is 5.73 Å². The summed E-state index contributed by atoms with van der Waals surface area (Å²) in [5, 5.41) is 6.79. The van der Waals surface area contributed by atoms with Gasteiger partial charge in [0.2, 0.25) is 5.89 Å². The van der Waals surface area contributed by atoms with Crippen molar-refractivity contribution in [1.29, 1.82) is 4.78 Å². The minimum absolute atomic E-state index is 0.0548. The summed E-state index contributed by atoms with van der Waals surface area (Å²) in [5.74, 6) is -1.70. The van der Waals surface area contributed by atoms with Gasteiger partial charge in [-0.2, -0.15) is 8.78 Å². The molecule has 1 aliphatic rings. The molecular formula is C25H22F3N5O4S. The molecule has 2 atom stereocenters. The average Bonchev–Trinajstić information content (AvgIpc) is 3.58. The molecule has 1 fully saturated rings. The van der Waals surface area contributed by atoms with Crippen molar-refractivity contribution in [2.24, 2.45) is 5.73 Å². The Labute approximate surface area is 215 Å². The number of rotatable bonds is 6. The third-order valence-electron chi connectivity index (χ3n) is 6.52. The van der Waals surface area contributed by atoms with Crippen molar-refractivity contribution in [1.82, 2.24) is 15.1 Å². The Kier molecular flexibility index (Phi) is 6.47. The molecule has 1 aliphatic heterocycles. The fourth-order valence-corrected chi connectivity index (χ4v) is 6.60. The molecule has 2 aromatic carbocycles. The topological polar surface area (TPSA) is 139 Å². The first-order chi connectivity index (χ1) is 18.1. The van der Waals surface area contributed by atoms with Gasteiger partial charge in [0, 0.05) is 39.6 Å². The van der Waals surface area contributed by atoms with Gasteiger partial charge in [-0.25, -0.2) is 13.4 Å². The van der Waals surface area contributed by atoms with E-state index in [1.165, 1.54) is 23.3 Å². The maximum Gasteiger partial charge on any atom is 0.315 e. The number of nitrogens with two attached hydrogens (primary N) is 1. The first kappa shape index (κ1) is 25.5.